The fourth-order valence-corrected chi connectivity index (χ4v) is 0.809. The molecule has 0 rings (SSSR count). The molecule has 0 aliphatic carbocycles. The monoisotopic (exact) mass is 243 g/mol. The van der Waals surface area contributed by atoms with Crippen LogP contribution in [0.25, 0.3) is 0 Å². The topological polar surface area (TPSA) is 92.7 Å². The van der Waals surface area contributed by atoms with Crippen molar-refractivity contribution in [2.24, 2.45) is 0 Å². The number of aliphatic carboxylic acids is 1. The summed E-state index contributed by atoms with van der Waals surface area (Å²) in [6, 6.07) is 0. The van der Waals surface area contributed by atoms with Crippen LogP contribution in [0.1, 0.15) is 26.2 Å². The molecule has 17 heavy (non-hydrogen) atoms. The minimum atomic E-state index is -1.29. The molecule has 0 amide bonds. The highest BCUT2D eigenvalue weighted by Gasteiger charge is 2.04. The Morgan fingerprint density at radius 2 is 1.71 bits per heavy atom. The molecule has 0 atom stereocenters. The van der Waals surface area contributed by atoms with E-state index in [4.69, 9.17) is 9.47 Å². The molecule has 0 aromatic rings. The summed E-state index contributed by atoms with van der Waals surface area (Å²) in [5.41, 5.74) is 0.302. The highest BCUT2D eigenvalue weighted by atomic mass is 16.5. The number of hydrogen-bond acceptors (Lipinski definition) is 6. The second-order valence-electron chi connectivity index (χ2n) is 3.36. The van der Waals surface area contributed by atoms with Gasteiger partial charge in [0.05, 0.1) is 19.6 Å². The molecule has 0 radical (unpaired) electrons. The molecular formula is C11H15O6-. The molecule has 0 bridgehead atoms. The predicted octanol–water partition coefficient (Wildman–Crippen LogP) is -0.431. The molecule has 0 aliphatic rings. The first kappa shape index (κ1) is 15.2. The second kappa shape index (κ2) is 8.32. The molecule has 0 aromatic heterocycles. The Balaban J connectivity index is 3.45. The van der Waals surface area contributed by atoms with Gasteiger partial charge >= 0.3 is 11.9 Å². The third kappa shape index (κ3) is 9.10. The fourth-order valence-electron chi connectivity index (χ4n) is 0.809. The Labute approximate surface area is 99.2 Å². The van der Waals surface area contributed by atoms with E-state index in [0.717, 1.165) is 0 Å². The summed E-state index contributed by atoms with van der Waals surface area (Å²) in [5.74, 6) is -2.40. The van der Waals surface area contributed by atoms with Crippen molar-refractivity contribution in [3.05, 3.63) is 12.2 Å². The van der Waals surface area contributed by atoms with Crippen LogP contribution in [0.3, 0.4) is 0 Å². The first-order valence-corrected chi connectivity index (χ1v) is 5.11. The van der Waals surface area contributed by atoms with Gasteiger partial charge in [0.2, 0.25) is 0 Å². The van der Waals surface area contributed by atoms with Gasteiger partial charge in [-0.05, 0) is 13.3 Å². The van der Waals surface area contributed by atoms with Crippen molar-refractivity contribution in [3.8, 4) is 0 Å². The maximum Gasteiger partial charge on any atom is 0.333 e. The van der Waals surface area contributed by atoms with Crippen molar-refractivity contribution >= 4 is 17.9 Å². The maximum atomic E-state index is 10.9. The van der Waals surface area contributed by atoms with Crippen molar-refractivity contribution < 1.29 is 29.0 Å². The summed E-state index contributed by atoms with van der Waals surface area (Å²) in [6.45, 7) is 5.13. The largest absolute Gasteiger partial charge is 0.550 e. The molecule has 0 aliphatic heterocycles. The summed E-state index contributed by atoms with van der Waals surface area (Å²) in [5, 5.41) is 10.0. The summed E-state index contributed by atoms with van der Waals surface area (Å²) >= 11 is 0. The lowest BCUT2D eigenvalue weighted by molar-refractivity contribution is -0.305. The average molecular weight is 243 g/mol. The van der Waals surface area contributed by atoms with Gasteiger partial charge in [-0.1, -0.05) is 6.58 Å². The minimum absolute atomic E-state index is 0.0787. The highest BCUT2D eigenvalue weighted by molar-refractivity contribution is 5.86. The Morgan fingerprint density at radius 1 is 1.12 bits per heavy atom. The number of carboxylic acids is 1. The van der Waals surface area contributed by atoms with Crippen LogP contribution >= 0.6 is 0 Å². The summed E-state index contributed by atoms with van der Waals surface area (Å²) in [7, 11) is 0. The summed E-state index contributed by atoms with van der Waals surface area (Å²) < 4.78 is 9.44. The number of esters is 2. The lowest BCUT2D eigenvalue weighted by Crippen LogP contribution is -2.23. The quantitative estimate of drug-likeness (QED) is 0.326. The zero-order valence-corrected chi connectivity index (χ0v) is 9.69. The fraction of sp³-hybridized carbons (Fsp3) is 0.545. The Kier molecular flexibility index (Phi) is 7.41. The number of carboxylic acid groups (broad SMARTS) is 1. The van der Waals surface area contributed by atoms with E-state index in [9.17, 15) is 19.5 Å². The van der Waals surface area contributed by atoms with Crippen LogP contribution in [0.4, 0.5) is 0 Å². The lowest BCUT2D eigenvalue weighted by atomic mass is 10.3. The van der Waals surface area contributed by atoms with Gasteiger partial charge in [-0.15, -0.1) is 0 Å². The van der Waals surface area contributed by atoms with Gasteiger partial charge in [0.1, 0.15) is 0 Å². The minimum Gasteiger partial charge on any atom is -0.550 e. The van der Waals surface area contributed by atoms with Gasteiger partial charge in [0.25, 0.3) is 0 Å². The van der Waals surface area contributed by atoms with E-state index in [1.54, 1.807) is 0 Å². The van der Waals surface area contributed by atoms with Gasteiger partial charge in [-0.3, -0.25) is 4.79 Å². The van der Waals surface area contributed by atoms with Crippen LogP contribution < -0.4 is 5.11 Å². The Bertz CT molecular complexity index is 307. The predicted molar refractivity (Wildman–Crippen MR) is 55.6 cm³/mol. The molecule has 0 unspecified atom stereocenters. The molecule has 0 saturated heterocycles. The van der Waals surface area contributed by atoms with E-state index in [1.807, 2.05) is 0 Å². The molecule has 6 heteroatoms. The Hall–Kier alpha value is -1.85. The summed E-state index contributed by atoms with van der Waals surface area (Å²) in [4.78, 5) is 31.9. The maximum absolute atomic E-state index is 10.9. The molecular weight excluding hydrogens is 228 g/mol. The van der Waals surface area contributed by atoms with Gasteiger partial charge in [-0.25, -0.2) is 4.79 Å². The zero-order valence-electron chi connectivity index (χ0n) is 9.69. The first-order chi connectivity index (χ1) is 7.93. The third-order valence-corrected chi connectivity index (χ3v) is 1.67. The van der Waals surface area contributed by atoms with E-state index in [1.165, 1.54) is 6.92 Å². The van der Waals surface area contributed by atoms with E-state index in [-0.39, 0.29) is 26.1 Å². The van der Waals surface area contributed by atoms with Crippen molar-refractivity contribution in [2.75, 3.05) is 13.2 Å². The number of carbonyl (C=O) groups is 3. The van der Waals surface area contributed by atoms with E-state index >= 15 is 0 Å². The number of hydrogen-bond donors (Lipinski definition) is 0. The van der Waals surface area contributed by atoms with Gasteiger partial charge in [0.15, 0.2) is 0 Å². The van der Waals surface area contributed by atoms with Crippen LogP contribution in [-0.4, -0.2) is 31.1 Å². The van der Waals surface area contributed by atoms with Crippen LogP contribution in [-0.2, 0) is 23.9 Å². The molecule has 0 saturated carbocycles. The summed E-state index contributed by atoms with van der Waals surface area (Å²) in [6.07, 6.45) is -0.215. The van der Waals surface area contributed by atoms with Crippen LogP contribution in [0.5, 0.6) is 0 Å². The number of rotatable bonds is 8. The first-order valence-electron chi connectivity index (χ1n) is 5.11. The molecule has 0 aromatic carbocycles. The van der Waals surface area contributed by atoms with Crippen molar-refractivity contribution in [1.82, 2.24) is 0 Å². The smallest absolute Gasteiger partial charge is 0.333 e. The number of ether oxygens (including phenoxy) is 2. The molecule has 0 fully saturated rings. The molecule has 0 heterocycles. The van der Waals surface area contributed by atoms with Crippen LogP contribution in [0.2, 0.25) is 0 Å². The molecule has 6 nitrogen and oxygen atoms in total. The van der Waals surface area contributed by atoms with E-state index < -0.39 is 17.9 Å². The van der Waals surface area contributed by atoms with E-state index in [2.05, 4.69) is 6.58 Å². The molecule has 0 spiro atoms. The van der Waals surface area contributed by atoms with Crippen molar-refractivity contribution in [2.45, 2.75) is 26.2 Å². The second-order valence-corrected chi connectivity index (χ2v) is 3.36. The van der Waals surface area contributed by atoms with Crippen LogP contribution in [0, 0.1) is 0 Å². The highest BCUT2D eigenvalue weighted by Crippen LogP contribution is 1.96. The molecule has 0 N–H and O–H groups in total. The van der Waals surface area contributed by atoms with E-state index in [0.29, 0.717) is 12.0 Å². The van der Waals surface area contributed by atoms with Crippen LogP contribution in [0.15, 0.2) is 12.2 Å². The van der Waals surface area contributed by atoms with Crippen molar-refractivity contribution in [1.29, 1.82) is 0 Å². The van der Waals surface area contributed by atoms with Crippen molar-refractivity contribution in [3.63, 3.8) is 0 Å². The van der Waals surface area contributed by atoms with Gasteiger partial charge < -0.3 is 19.4 Å². The lowest BCUT2D eigenvalue weighted by Gasteiger charge is -2.06. The average Bonchev–Trinajstić information content (AvgIpc) is 2.25. The number of carbonyl (C=O) groups excluding carboxylic acids is 3. The zero-order chi connectivity index (χ0) is 13.3. The Morgan fingerprint density at radius 3 is 2.24 bits per heavy atom. The molecule has 96 valence electrons. The van der Waals surface area contributed by atoms with Gasteiger partial charge in [-0.2, -0.15) is 0 Å². The van der Waals surface area contributed by atoms with Gasteiger partial charge in [0, 0.05) is 18.0 Å². The third-order valence-electron chi connectivity index (χ3n) is 1.67. The standard InChI is InChI=1S/C11H16O6/c1-8(2)11(15)17-7-3-6-16-10(14)5-4-9(12)13/h1,3-7H2,2H3,(H,12,13)/p-1. The normalized spacial score (nSPS) is 9.47. The SMILES string of the molecule is C=C(C)C(=O)OCCCOC(=O)CCC(=O)[O-].